The van der Waals surface area contributed by atoms with Crippen molar-refractivity contribution in [2.75, 3.05) is 5.75 Å². The molecular weight excluding hydrogens is 256 g/mol. The highest BCUT2D eigenvalue weighted by Crippen LogP contribution is 2.19. The molecular formula is C15H15N2OS+. The Hall–Kier alpha value is -1.94. The van der Waals surface area contributed by atoms with E-state index in [1.165, 1.54) is 11.8 Å². The predicted octanol–water partition coefficient (Wildman–Crippen LogP) is 4.51. The molecule has 0 aliphatic rings. The van der Waals surface area contributed by atoms with Gasteiger partial charge in [0.2, 0.25) is 0 Å². The van der Waals surface area contributed by atoms with E-state index in [0.29, 0.717) is 5.75 Å². The maximum Gasteiger partial charge on any atom is 0.291 e. The average molecular weight is 271 g/mol. The second-order valence-corrected chi connectivity index (χ2v) is 4.93. The van der Waals surface area contributed by atoms with Crippen LogP contribution < -0.4 is 0 Å². The molecule has 0 saturated carbocycles. The molecule has 4 heteroatoms. The zero-order valence-electron chi connectivity index (χ0n) is 10.4. The van der Waals surface area contributed by atoms with Crippen LogP contribution >= 0.6 is 11.8 Å². The zero-order valence-corrected chi connectivity index (χ0v) is 11.3. The number of aldehydes is 1. The fourth-order valence-electron chi connectivity index (χ4n) is 1.50. The molecule has 0 amide bonds. The molecule has 0 fully saturated rings. The van der Waals surface area contributed by atoms with Crippen molar-refractivity contribution in [2.45, 2.75) is 5.75 Å². The normalized spacial score (nSPS) is 10.7. The molecule has 0 aliphatic carbocycles. The van der Waals surface area contributed by atoms with E-state index in [9.17, 15) is 0 Å². The van der Waals surface area contributed by atoms with Gasteiger partial charge >= 0.3 is 0 Å². The molecule has 0 bridgehead atoms. The van der Waals surface area contributed by atoms with Crippen LogP contribution in [0.1, 0.15) is 5.56 Å². The van der Waals surface area contributed by atoms with E-state index in [2.05, 4.69) is 10.2 Å². The quantitative estimate of drug-likeness (QED) is 0.330. The van der Waals surface area contributed by atoms with Crippen LogP contribution in [0.5, 0.6) is 0 Å². The van der Waals surface area contributed by atoms with Gasteiger partial charge in [0.15, 0.2) is 0 Å². The third-order valence-electron chi connectivity index (χ3n) is 2.43. The summed E-state index contributed by atoms with van der Waals surface area (Å²) in [5.74, 6) is 1.53. The number of hydrogen-bond acceptors (Lipinski definition) is 3. The van der Waals surface area contributed by atoms with Gasteiger partial charge in [-0.2, -0.15) is 10.2 Å². The summed E-state index contributed by atoms with van der Waals surface area (Å²) >= 11 is 1.66. The molecule has 0 aliphatic heterocycles. The largest absolute Gasteiger partial charge is 0.291 e. The van der Waals surface area contributed by atoms with Crippen molar-refractivity contribution in [1.82, 2.24) is 0 Å². The molecule has 19 heavy (non-hydrogen) atoms. The lowest BCUT2D eigenvalue weighted by atomic mass is 10.2. The molecule has 0 spiro atoms. The van der Waals surface area contributed by atoms with Gasteiger partial charge in [0.1, 0.15) is 5.75 Å². The molecule has 0 unspecified atom stereocenters. The maximum absolute atomic E-state index is 8.59. The Labute approximate surface area is 116 Å². The lowest BCUT2D eigenvalue weighted by Gasteiger charge is -1.98. The van der Waals surface area contributed by atoms with Gasteiger partial charge in [-0.05, 0) is 29.8 Å². The van der Waals surface area contributed by atoms with Gasteiger partial charge < -0.3 is 0 Å². The van der Waals surface area contributed by atoms with Gasteiger partial charge in [0.05, 0.1) is 11.4 Å². The third-order valence-corrected chi connectivity index (χ3v) is 3.36. The second-order valence-electron chi connectivity index (χ2n) is 3.90. The van der Waals surface area contributed by atoms with Crippen molar-refractivity contribution < 1.29 is 4.79 Å². The van der Waals surface area contributed by atoms with Crippen molar-refractivity contribution >= 4 is 29.4 Å². The molecule has 1 N–H and O–H groups in total. The van der Waals surface area contributed by atoms with Gasteiger partial charge in [-0.3, -0.25) is 4.79 Å². The van der Waals surface area contributed by atoms with E-state index in [1.807, 2.05) is 54.6 Å². The van der Waals surface area contributed by atoms with Gasteiger partial charge in [0.25, 0.3) is 6.29 Å². The lowest BCUT2D eigenvalue weighted by Crippen LogP contribution is -1.83. The van der Waals surface area contributed by atoms with Crippen molar-refractivity contribution in [3.63, 3.8) is 0 Å². The molecule has 0 radical (unpaired) electrons. The van der Waals surface area contributed by atoms with Crippen LogP contribution in [0.3, 0.4) is 0 Å². The summed E-state index contributed by atoms with van der Waals surface area (Å²) < 4.78 is 0. The Morgan fingerprint density at radius 3 is 2.16 bits per heavy atom. The summed E-state index contributed by atoms with van der Waals surface area (Å²) in [4.78, 5) is 8.59. The van der Waals surface area contributed by atoms with Gasteiger partial charge in [-0.25, -0.2) is 0 Å². The third kappa shape index (κ3) is 4.67. The summed E-state index contributed by atoms with van der Waals surface area (Å²) in [7, 11) is 0. The van der Waals surface area contributed by atoms with Crippen molar-refractivity contribution in [2.24, 2.45) is 10.2 Å². The fraction of sp³-hybridized carbons (Fsp3) is 0.133. The van der Waals surface area contributed by atoms with Crippen molar-refractivity contribution in [3.8, 4) is 0 Å². The Bertz CT molecular complexity index is 538. The minimum absolute atomic E-state index is 0.648. The van der Waals surface area contributed by atoms with E-state index in [0.717, 1.165) is 17.1 Å². The van der Waals surface area contributed by atoms with Crippen molar-refractivity contribution in [3.05, 3.63) is 60.2 Å². The summed E-state index contributed by atoms with van der Waals surface area (Å²) in [5, 5.41) is 8.35. The molecule has 0 aromatic heterocycles. The SMILES string of the molecule is [OH+]=CCSCc1ccc(N=Nc2ccccc2)cc1. The first-order valence-electron chi connectivity index (χ1n) is 5.98. The molecule has 3 nitrogen and oxygen atoms in total. The number of azo groups is 1. The highest BCUT2D eigenvalue weighted by atomic mass is 32.2. The lowest BCUT2D eigenvalue weighted by molar-refractivity contribution is 0.692. The summed E-state index contributed by atoms with van der Waals surface area (Å²) in [6, 6.07) is 17.6. The van der Waals surface area contributed by atoms with Crippen LogP contribution in [0.15, 0.2) is 64.8 Å². The minimum atomic E-state index is 0.648. The van der Waals surface area contributed by atoms with Crippen LogP contribution in [0.25, 0.3) is 0 Å². The number of hydrogen-bond donors (Lipinski definition) is 0. The smallest absolute Gasteiger partial charge is 0.286 e. The minimum Gasteiger partial charge on any atom is -0.286 e. The molecule has 2 aromatic rings. The fourth-order valence-corrected chi connectivity index (χ4v) is 2.15. The molecule has 2 rings (SSSR count). The van der Waals surface area contributed by atoms with Crippen LogP contribution in [0.4, 0.5) is 11.4 Å². The Kier molecular flexibility index (Phi) is 5.31. The van der Waals surface area contributed by atoms with E-state index in [4.69, 9.17) is 4.79 Å². The van der Waals surface area contributed by atoms with Crippen molar-refractivity contribution in [1.29, 1.82) is 0 Å². The Balaban J connectivity index is 1.95. The molecule has 96 valence electrons. The Morgan fingerprint density at radius 2 is 1.53 bits per heavy atom. The maximum atomic E-state index is 8.59. The van der Waals surface area contributed by atoms with E-state index in [-0.39, 0.29) is 0 Å². The van der Waals surface area contributed by atoms with Crippen LogP contribution in [0.2, 0.25) is 0 Å². The number of nitrogens with zero attached hydrogens (tertiary/aromatic N) is 2. The number of benzene rings is 2. The topological polar surface area (TPSA) is 46.1 Å². The monoisotopic (exact) mass is 271 g/mol. The molecule has 0 atom stereocenters. The zero-order chi connectivity index (χ0) is 13.3. The summed E-state index contributed by atoms with van der Waals surface area (Å²) in [5.41, 5.74) is 2.90. The molecule has 0 heterocycles. The first-order chi connectivity index (χ1) is 9.38. The summed E-state index contributed by atoms with van der Waals surface area (Å²) in [6.45, 7) is 0. The molecule has 2 aromatic carbocycles. The predicted molar refractivity (Wildman–Crippen MR) is 81.2 cm³/mol. The van der Waals surface area contributed by atoms with Crippen LogP contribution in [-0.2, 0) is 5.75 Å². The highest BCUT2D eigenvalue weighted by Gasteiger charge is 1.95. The van der Waals surface area contributed by atoms with E-state index in [1.54, 1.807) is 11.8 Å². The van der Waals surface area contributed by atoms with E-state index < -0.39 is 0 Å². The van der Waals surface area contributed by atoms with Gasteiger partial charge in [0, 0.05) is 5.75 Å². The summed E-state index contributed by atoms with van der Waals surface area (Å²) in [6.07, 6.45) is 1.17. The number of thioether (sulfide) groups is 1. The first kappa shape index (κ1) is 13.5. The second kappa shape index (κ2) is 7.48. The van der Waals surface area contributed by atoms with Crippen LogP contribution in [0, 0.1) is 0 Å². The highest BCUT2D eigenvalue weighted by molar-refractivity contribution is 7.99. The van der Waals surface area contributed by atoms with Gasteiger partial charge in [-0.15, -0.1) is 11.8 Å². The molecule has 0 saturated heterocycles. The number of carbonyl (C=O) groups excluding carboxylic acids is 1. The van der Waals surface area contributed by atoms with Crippen LogP contribution in [-0.4, -0.2) is 16.8 Å². The van der Waals surface area contributed by atoms with E-state index >= 15 is 0 Å². The number of rotatable bonds is 6. The standard InChI is InChI=1S/C15H14N2OS/c18-10-11-19-12-13-6-8-15(9-7-13)17-16-14-4-2-1-3-5-14/h1-10H,11-12H2/p+1. The van der Waals surface area contributed by atoms with Gasteiger partial charge in [-0.1, -0.05) is 30.3 Å². The Morgan fingerprint density at radius 1 is 0.895 bits per heavy atom. The average Bonchev–Trinajstić information content (AvgIpc) is 2.48. The first-order valence-corrected chi connectivity index (χ1v) is 7.13.